The third-order valence-electron chi connectivity index (χ3n) is 18.7. The molecule has 0 aliphatic heterocycles. The Kier molecular flexibility index (Phi) is 66.1. The fraction of sp³-hybridized carbons (Fsp3) is 0.511. The molecule has 4 amide bonds. The van der Waals surface area contributed by atoms with Crippen LogP contribution < -0.4 is 61.4 Å². The molecule has 0 unspecified atom stereocenters. The number of halogens is 3. The molecule has 6 aromatic rings. The number of rotatable bonds is 56. The number of hydrogen-bond acceptors (Lipinski definition) is 24. The summed E-state index contributed by atoms with van der Waals surface area (Å²) in [6, 6.07) is 31.1. The van der Waals surface area contributed by atoms with Gasteiger partial charge in [0.1, 0.15) is 0 Å². The number of ketones is 5. The Morgan fingerprint density at radius 1 is 0.244 bits per heavy atom. The number of hydrogen-bond donors (Lipinski definition) is 19. The largest absolute Gasteiger partial charge is 0.396 e. The van der Waals surface area contributed by atoms with Crippen LogP contribution in [0.5, 0.6) is 0 Å². The molecule has 28 nitrogen and oxygen atoms in total. The second-order valence-electron chi connectivity index (χ2n) is 28.8. The van der Waals surface area contributed by atoms with E-state index in [1.165, 1.54) is 42.0 Å². The Balaban J connectivity index is 0.000000746. The van der Waals surface area contributed by atoms with Crippen LogP contribution in [-0.2, 0) is 38.5 Å². The number of carbonyl (C=O) groups excluding carboxylic acids is 9. The van der Waals surface area contributed by atoms with Crippen LogP contribution in [0, 0.1) is 0 Å². The lowest BCUT2D eigenvalue weighted by Gasteiger charge is -2.16. The van der Waals surface area contributed by atoms with Crippen LogP contribution in [0.3, 0.4) is 0 Å². The number of benzene rings is 6. The second kappa shape index (κ2) is 72.0. The Bertz CT molecular complexity index is 3640. The highest BCUT2D eigenvalue weighted by molar-refractivity contribution is 6.37. The van der Waals surface area contributed by atoms with Gasteiger partial charge in [0, 0.05) is 189 Å². The molecule has 6 aromatic carbocycles. The van der Waals surface area contributed by atoms with Gasteiger partial charge in [-0.25, -0.2) is 0 Å². The first-order valence-corrected chi connectivity index (χ1v) is 43.9. The van der Waals surface area contributed by atoms with Crippen LogP contribution in [-0.4, -0.2) is 218 Å². The van der Waals surface area contributed by atoms with Crippen molar-refractivity contribution in [2.45, 2.75) is 180 Å². The Labute approximate surface area is 740 Å². The number of Topliss-reactive ketones (excluding diaryl/α,β-unsaturated/α-hetero) is 5. The summed E-state index contributed by atoms with van der Waals surface area (Å²) in [7, 11) is 0. The number of nitrogens with one attached hydrogen (secondary N) is 4. The summed E-state index contributed by atoms with van der Waals surface area (Å²) < 4.78 is 0. The van der Waals surface area contributed by atoms with Crippen molar-refractivity contribution in [2.75, 3.05) is 125 Å². The summed E-state index contributed by atoms with van der Waals surface area (Å²) in [4.78, 5) is 108. The minimum atomic E-state index is -0.464. The Morgan fingerprint density at radius 2 is 0.520 bits per heavy atom. The minimum absolute atomic E-state index is 0.00826. The van der Waals surface area contributed by atoms with E-state index in [0.29, 0.717) is 132 Å². The predicted octanol–water partition coefficient (Wildman–Crippen LogP) is 8.40. The van der Waals surface area contributed by atoms with E-state index in [0.717, 1.165) is 158 Å². The SMILES string of the molecule is NCCCC(=O)c1cc(C(=O)CCCN)cc(C(=O)NCCN)c1.NCCCC(=O)c1cc(C(=O)CCCO)cc(C(=O)NCCO)c1.NCCCC(=O)c1cccc(C(=O)NCCN)c1.NCCNC(=O)c1ccccc1.OCCCCc1cc(CCCCO)c(Cl)c(CCCCO)c1.OCCCCc1cc(CCCCO)c(Cl)c(CCCCO)c1Cl. The topological polar surface area (TPSA) is 546 Å². The zero-order valence-corrected chi connectivity index (χ0v) is 73.8. The highest BCUT2D eigenvalue weighted by atomic mass is 35.5. The van der Waals surface area contributed by atoms with Gasteiger partial charge in [-0.2, -0.15) is 0 Å². The summed E-state index contributed by atoms with van der Waals surface area (Å²) in [5.74, 6) is -1.80. The fourth-order valence-corrected chi connectivity index (χ4v) is 13.1. The number of aliphatic hydroxyl groups excluding tert-OH is 8. The molecule has 684 valence electrons. The second-order valence-corrected chi connectivity index (χ2v) is 29.9. The van der Waals surface area contributed by atoms with Crippen LogP contribution >= 0.6 is 34.8 Å². The molecule has 0 fully saturated rings. The Hall–Kier alpha value is -8.18. The molecule has 0 bridgehead atoms. The van der Waals surface area contributed by atoms with Crippen LogP contribution in [0.15, 0.2) is 109 Å². The smallest absolute Gasteiger partial charge is 0.251 e. The molecular formula is C92H138Cl3N11O17. The van der Waals surface area contributed by atoms with Gasteiger partial charge in [-0.1, -0.05) is 83.3 Å². The molecule has 26 N–H and O–H groups in total. The van der Waals surface area contributed by atoms with E-state index in [1.54, 1.807) is 36.4 Å². The van der Waals surface area contributed by atoms with E-state index in [-0.39, 0.29) is 154 Å². The van der Waals surface area contributed by atoms with Crippen molar-refractivity contribution in [1.82, 2.24) is 21.3 Å². The lowest BCUT2D eigenvalue weighted by molar-refractivity contribution is 0.0936. The first-order valence-electron chi connectivity index (χ1n) is 42.8. The zero-order valence-electron chi connectivity index (χ0n) is 71.6. The molecular weight excluding hydrogens is 1640 g/mol. The van der Waals surface area contributed by atoms with Crippen molar-refractivity contribution in [2.24, 2.45) is 40.1 Å². The summed E-state index contributed by atoms with van der Waals surface area (Å²) in [6.45, 7) is 5.12. The maximum atomic E-state index is 12.2. The van der Waals surface area contributed by atoms with Crippen LogP contribution in [0.2, 0.25) is 15.1 Å². The third kappa shape index (κ3) is 48.2. The molecule has 0 heterocycles. The predicted molar refractivity (Wildman–Crippen MR) is 489 cm³/mol. The van der Waals surface area contributed by atoms with E-state index in [1.807, 2.05) is 18.2 Å². The van der Waals surface area contributed by atoms with Gasteiger partial charge >= 0.3 is 0 Å². The van der Waals surface area contributed by atoms with Gasteiger partial charge in [0.15, 0.2) is 28.9 Å². The number of carbonyl (C=O) groups is 9. The van der Waals surface area contributed by atoms with Crippen molar-refractivity contribution in [3.8, 4) is 0 Å². The molecule has 0 aliphatic carbocycles. The maximum absolute atomic E-state index is 12.2. The molecule has 0 spiro atoms. The third-order valence-corrected chi connectivity index (χ3v) is 20.1. The van der Waals surface area contributed by atoms with E-state index < -0.39 is 5.91 Å². The molecule has 31 heteroatoms. The van der Waals surface area contributed by atoms with Crippen LogP contribution in [0.1, 0.15) is 268 Å². The van der Waals surface area contributed by atoms with Crippen molar-refractivity contribution in [3.05, 3.63) is 208 Å². The summed E-state index contributed by atoms with van der Waals surface area (Å²) >= 11 is 19.6. The molecule has 0 saturated carbocycles. The minimum Gasteiger partial charge on any atom is -0.396 e. The van der Waals surface area contributed by atoms with Gasteiger partial charge in [-0.3, -0.25) is 43.2 Å². The fourth-order valence-electron chi connectivity index (χ4n) is 12.0. The Morgan fingerprint density at radius 3 is 0.862 bits per heavy atom. The van der Waals surface area contributed by atoms with Crippen molar-refractivity contribution in [1.29, 1.82) is 0 Å². The highest BCUT2D eigenvalue weighted by Crippen LogP contribution is 2.35. The van der Waals surface area contributed by atoms with Crippen molar-refractivity contribution in [3.63, 3.8) is 0 Å². The average molecular weight is 1780 g/mol. The normalized spacial score (nSPS) is 10.6. The molecule has 0 atom stereocenters. The molecule has 0 radical (unpaired) electrons. The monoisotopic (exact) mass is 1770 g/mol. The van der Waals surface area contributed by atoms with E-state index in [4.69, 9.17) is 116 Å². The van der Waals surface area contributed by atoms with Gasteiger partial charge in [0.2, 0.25) is 0 Å². The van der Waals surface area contributed by atoms with E-state index >= 15 is 0 Å². The lowest BCUT2D eigenvalue weighted by Crippen LogP contribution is -2.29. The van der Waals surface area contributed by atoms with Gasteiger partial charge < -0.3 is 102 Å². The summed E-state index contributed by atoms with van der Waals surface area (Å²) in [6.07, 6.45) is 19.3. The maximum Gasteiger partial charge on any atom is 0.251 e. The van der Waals surface area contributed by atoms with Crippen molar-refractivity contribution >= 4 is 87.3 Å². The van der Waals surface area contributed by atoms with Crippen LogP contribution in [0.4, 0.5) is 0 Å². The highest BCUT2D eigenvalue weighted by Gasteiger charge is 2.21. The molecule has 123 heavy (non-hydrogen) atoms. The standard InChI is InChI=1S/C18H28Cl2O3.C18H29ClO3.C17H26N4O3.C17H24N2O5.C13H19N3O2.C9H12N2O/c19-17-14(7-1-4-10-21)13-15(8-2-5-11-22)18(20)16(17)9-3-6-12-23;19-18-16(8-2-5-11-21)13-15(7-1-4-10-20)14-17(18)9-3-6-12-22;18-5-1-3-15(22)12-9-13(16(23)4-2-6-19)11-14(10-12)17(24)21-8-7-20;18-5-1-3-15(22)12-9-13(16(23)4-2-7-20)11-14(10-12)17(24)19-6-8-21;14-6-2-5-12(17)10-3-1-4-11(9-10)13(18)16-8-7-15;10-6-7-11-9(12)8-4-2-1-3-5-8/h13,21-23H,1-12H2;13-14,20-22H,1-12H2;9-11H,1-8,18-20H2,(H,21,24);9-11,20-21H,1-8,18H2,(H,19,24);1,3-4,9H,2,5-8,14-15H2,(H,16,18);1-5H,6-7,10H2,(H,11,12). The van der Waals surface area contributed by atoms with Gasteiger partial charge in [-0.15, -0.1) is 0 Å². The first-order chi connectivity index (χ1) is 59.5. The number of amides is 4. The number of unbranched alkanes of at least 4 members (excludes halogenated alkanes) is 6. The first kappa shape index (κ1) is 113. The van der Waals surface area contributed by atoms with E-state index in [2.05, 4.69) is 39.5 Å². The lowest BCUT2D eigenvalue weighted by atomic mass is 9.96. The number of aryl methyl sites for hydroxylation is 5. The molecule has 0 saturated heterocycles. The quantitative estimate of drug-likeness (QED) is 0.0126. The number of nitrogens with two attached hydrogens (primary N) is 7. The van der Waals surface area contributed by atoms with Gasteiger partial charge in [0.05, 0.1) is 6.61 Å². The molecule has 0 aromatic heterocycles. The van der Waals surface area contributed by atoms with Gasteiger partial charge in [0.25, 0.3) is 23.6 Å². The van der Waals surface area contributed by atoms with Crippen molar-refractivity contribution < 1.29 is 84.0 Å². The number of aliphatic hydroxyl groups is 8. The van der Waals surface area contributed by atoms with E-state index in [9.17, 15) is 43.2 Å². The van der Waals surface area contributed by atoms with Crippen LogP contribution in [0.25, 0.3) is 0 Å². The zero-order chi connectivity index (χ0) is 91.4. The molecule has 0 aliphatic rings. The molecule has 6 rings (SSSR count). The summed E-state index contributed by atoms with van der Waals surface area (Å²) in [5.41, 5.74) is 47.7. The van der Waals surface area contributed by atoms with Gasteiger partial charge in [-0.05, 0) is 268 Å². The average Bonchev–Trinajstić information content (AvgIpc) is 0.817. The summed E-state index contributed by atoms with van der Waals surface area (Å²) in [5, 5.41) is 84.1.